The van der Waals surface area contributed by atoms with Crippen molar-refractivity contribution in [2.24, 2.45) is 0 Å². The van der Waals surface area contributed by atoms with Gasteiger partial charge < -0.3 is 4.98 Å². The summed E-state index contributed by atoms with van der Waals surface area (Å²) in [6.07, 6.45) is 0. The van der Waals surface area contributed by atoms with Gasteiger partial charge in [-0.05, 0) is 0 Å². The zero-order chi connectivity index (χ0) is 7.61. The largest absolute Gasteiger partial charge is 0.386 e. The second-order valence-electron chi connectivity index (χ2n) is 3.12. The molecule has 0 radical (unpaired) electrons. The molecule has 10 heavy (non-hydrogen) atoms. The zero-order valence-corrected chi connectivity index (χ0v) is 8.20. The highest BCUT2D eigenvalue weighted by Crippen LogP contribution is 2.12. The van der Waals surface area contributed by atoms with Gasteiger partial charge in [-0.2, -0.15) is 0 Å². The molecular formula is C5H11N3SSi. The number of aromatic nitrogens is 2. The van der Waals surface area contributed by atoms with E-state index < -0.39 is 8.24 Å². The van der Waals surface area contributed by atoms with Crippen LogP contribution in [0, 0.1) is 0 Å². The summed E-state index contributed by atoms with van der Waals surface area (Å²) >= 11 is 1.55. The van der Waals surface area contributed by atoms with Crippen molar-refractivity contribution in [1.29, 1.82) is 0 Å². The number of nitrogens with zero attached hydrogens (tertiary/aromatic N) is 2. The molecule has 0 saturated carbocycles. The average molecular weight is 173 g/mol. The Balaban J connectivity index is 2.57. The molecule has 56 valence electrons. The zero-order valence-electron chi connectivity index (χ0n) is 6.38. The van der Waals surface area contributed by atoms with E-state index in [4.69, 9.17) is 0 Å². The molecule has 1 N–H and O–H groups in total. The fourth-order valence-electron chi connectivity index (χ4n) is 0.548. The molecule has 0 aliphatic rings. The summed E-state index contributed by atoms with van der Waals surface area (Å²) in [5.74, 6) is 0. The van der Waals surface area contributed by atoms with Crippen molar-refractivity contribution >= 4 is 24.7 Å². The van der Waals surface area contributed by atoms with E-state index >= 15 is 0 Å². The maximum absolute atomic E-state index is 3.89. The Morgan fingerprint density at radius 1 is 1.50 bits per heavy atom. The van der Waals surface area contributed by atoms with Crippen LogP contribution < -0.4 is 4.98 Å². The van der Waals surface area contributed by atoms with E-state index in [0.717, 1.165) is 5.13 Å². The molecule has 0 aromatic carbocycles. The molecular weight excluding hydrogens is 162 g/mol. The van der Waals surface area contributed by atoms with Crippen LogP contribution in [0.3, 0.4) is 0 Å². The summed E-state index contributed by atoms with van der Waals surface area (Å²) < 4.78 is 0. The molecule has 3 nitrogen and oxygen atoms in total. The minimum Gasteiger partial charge on any atom is -0.386 e. The monoisotopic (exact) mass is 173 g/mol. The van der Waals surface area contributed by atoms with Gasteiger partial charge in [0.15, 0.2) is 5.13 Å². The Morgan fingerprint density at radius 3 is 2.60 bits per heavy atom. The van der Waals surface area contributed by atoms with E-state index in [9.17, 15) is 0 Å². The fraction of sp³-hybridized carbons (Fsp3) is 0.600. The Labute approximate surface area is 65.6 Å². The molecule has 0 unspecified atom stereocenters. The van der Waals surface area contributed by atoms with Gasteiger partial charge in [0.2, 0.25) is 0 Å². The first-order valence-corrected chi connectivity index (χ1v) is 7.50. The lowest BCUT2D eigenvalue weighted by Crippen LogP contribution is -2.32. The predicted octanol–water partition coefficient (Wildman–Crippen LogP) is 1.78. The lowest BCUT2D eigenvalue weighted by atomic mass is 11.3. The smallest absolute Gasteiger partial charge is 0.197 e. The van der Waals surface area contributed by atoms with Crippen LogP contribution in [-0.2, 0) is 0 Å². The van der Waals surface area contributed by atoms with Gasteiger partial charge in [0.05, 0.1) is 0 Å². The lowest BCUT2D eigenvalue weighted by Gasteiger charge is -2.15. The van der Waals surface area contributed by atoms with Crippen molar-refractivity contribution in [3.63, 3.8) is 0 Å². The van der Waals surface area contributed by atoms with E-state index in [-0.39, 0.29) is 0 Å². The molecule has 0 atom stereocenters. The topological polar surface area (TPSA) is 37.8 Å². The molecule has 1 heterocycles. The van der Waals surface area contributed by atoms with Gasteiger partial charge in [0, 0.05) is 0 Å². The van der Waals surface area contributed by atoms with Gasteiger partial charge in [-0.15, -0.1) is 10.2 Å². The number of rotatable bonds is 2. The normalized spacial score (nSPS) is 11.5. The van der Waals surface area contributed by atoms with Crippen LogP contribution in [0.5, 0.6) is 0 Å². The van der Waals surface area contributed by atoms with Gasteiger partial charge >= 0.3 is 0 Å². The predicted molar refractivity (Wildman–Crippen MR) is 46.9 cm³/mol. The summed E-state index contributed by atoms with van der Waals surface area (Å²) in [5, 5.41) is 8.57. The van der Waals surface area contributed by atoms with Gasteiger partial charge in [0.1, 0.15) is 13.7 Å². The third kappa shape index (κ3) is 2.45. The molecule has 0 aliphatic carbocycles. The van der Waals surface area contributed by atoms with Crippen LogP contribution in [0.15, 0.2) is 5.51 Å². The summed E-state index contributed by atoms with van der Waals surface area (Å²) in [6, 6.07) is 0. The van der Waals surface area contributed by atoms with Crippen LogP contribution in [0.4, 0.5) is 5.13 Å². The molecule has 0 amide bonds. The van der Waals surface area contributed by atoms with Crippen molar-refractivity contribution in [3.8, 4) is 0 Å². The van der Waals surface area contributed by atoms with E-state index in [1.807, 2.05) is 0 Å². The molecule has 5 heteroatoms. The van der Waals surface area contributed by atoms with Crippen molar-refractivity contribution in [2.75, 3.05) is 4.98 Å². The maximum atomic E-state index is 3.89. The van der Waals surface area contributed by atoms with E-state index in [0.29, 0.717) is 0 Å². The molecule has 0 bridgehead atoms. The van der Waals surface area contributed by atoms with Gasteiger partial charge in [0.25, 0.3) is 0 Å². The Morgan fingerprint density at radius 2 is 2.20 bits per heavy atom. The standard InChI is InChI=1S/C5H11N3SSi/c1-10(2,3)8-5-7-6-4-9-5/h4H,1-3H3,(H,7,8). The summed E-state index contributed by atoms with van der Waals surface area (Å²) in [6.45, 7) is 6.69. The second-order valence-corrected chi connectivity index (χ2v) is 8.70. The molecule has 1 rings (SSSR count). The molecule has 0 fully saturated rings. The van der Waals surface area contributed by atoms with Crippen LogP contribution in [-0.4, -0.2) is 18.4 Å². The first kappa shape index (κ1) is 7.68. The van der Waals surface area contributed by atoms with Crippen LogP contribution in [0.25, 0.3) is 0 Å². The number of hydrogen-bond donors (Lipinski definition) is 1. The summed E-state index contributed by atoms with van der Waals surface area (Å²) in [7, 11) is -1.20. The van der Waals surface area contributed by atoms with E-state index in [2.05, 4.69) is 34.8 Å². The van der Waals surface area contributed by atoms with Crippen molar-refractivity contribution in [1.82, 2.24) is 10.2 Å². The van der Waals surface area contributed by atoms with Gasteiger partial charge in [-0.3, -0.25) is 0 Å². The first-order chi connectivity index (χ1) is 4.58. The number of nitrogens with one attached hydrogen (secondary N) is 1. The molecule has 1 aromatic heterocycles. The highest BCUT2D eigenvalue weighted by molar-refractivity contribution is 7.14. The molecule has 0 aliphatic heterocycles. The lowest BCUT2D eigenvalue weighted by molar-refractivity contribution is 1.09. The highest BCUT2D eigenvalue weighted by atomic mass is 32.1. The minimum atomic E-state index is -1.20. The SMILES string of the molecule is C[Si](C)(C)Nc1nncs1. The highest BCUT2D eigenvalue weighted by Gasteiger charge is 2.13. The Kier molecular flexibility index (Phi) is 2.05. The van der Waals surface area contributed by atoms with Gasteiger partial charge in [-0.25, -0.2) is 0 Å². The Bertz CT molecular complexity index is 191. The minimum absolute atomic E-state index is 0.944. The Hall–Kier alpha value is -0.423. The van der Waals surface area contributed by atoms with Crippen LogP contribution >= 0.6 is 11.3 Å². The maximum Gasteiger partial charge on any atom is 0.197 e. The van der Waals surface area contributed by atoms with E-state index in [1.165, 1.54) is 0 Å². The summed E-state index contributed by atoms with van der Waals surface area (Å²) in [5.41, 5.74) is 1.74. The third-order valence-electron chi connectivity index (χ3n) is 0.842. The fourth-order valence-corrected chi connectivity index (χ4v) is 2.68. The van der Waals surface area contributed by atoms with Crippen molar-refractivity contribution in [3.05, 3.63) is 5.51 Å². The van der Waals surface area contributed by atoms with Crippen LogP contribution in [0.2, 0.25) is 19.6 Å². The van der Waals surface area contributed by atoms with E-state index in [1.54, 1.807) is 16.8 Å². The molecule has 0 saturated heterocycles. The number of hydrogen-bond acceptors (Lipinski definition) is 4. The number of anilines is 1. The van der Waals surface area contributed by atoms with Crippen molar-refractivity contribution < 1.29 is 0 Å². The first-order valence-electron chi connectivity index (χ1n) is 3.12. The second kappa shape index (κ2) is 2.67. The molecule has 0 spiro atoms. The summed E-state index contributed by atoms with van der Waals surface area (Å²) in [4.78, 5) is 3.34. The average Bonchev–Trinajstić information content (AvgIpc) is 2.12. The van der Waals surface area contributed by atoms with Crippen molar-refractivity contribution in [2.45, 2.75) is 19.6 Å². The van der Waals surface area contributed by atoms with Gasteiger partial charge in [-0.1, -0.05) is 31.0 Å². The molecule has 1 aromatic rings. The quantitative estimate of drug-likeness (QED) is 0.693. The van der Waals surface area contributed by atoms with Crippen LogP contribution in [0.1, 0.15) is 0 Å². The third-order valence-corrected chi connectivity index (χ3v) is 2.62.